The van der Waals surface area contributed by atoms with E-state index in [2.05, 4.69) is 20.4 Å². The summed E-state index contributed by atoms with van der Waals surface area (Å²) >= 11 is 0. The number of hydrogen-bond acceptors (Lipinski definition) is 9. The van der Waals surface area contributed by atoms with Gasteiger partial charge in [-0.2, -0.15) is 9.67 Å². The minimum absolute atomic E-state index is 0.216. The molecule has 36 heavy (non-hydrogen) atoms. The molecular formula is C25H22N6O4S. The monoisotopic (exact) mass is 502 g/mol. The standard InChI is InChI=1S/C25H22N6O4S/c1-34-22-13-18(7-12-21(22)23-14-27-15-35-23)28-25-29-24(26)31(30-25)19-8-3-16(4-9-19)17-5-10-20(11-6-17)36(2,32)33/h3-15H,1-2H3,(H3,26,28,29,30). The van der Waals surface area contributed by atoms with Gasteiger partial charge in [0.15, 0.2) is 22.0 Å². The number of benzene rings is 3. The Morgan fingerprint density at radius 1 is 1.00 bits per heavy atom. The van der Waals surface area contributed by atoms with Crippen LogP contribution in [0.25, 0.3) is 28.1 Å². The lowest BCUT2D eigenvalue weighted by Gasteiger charge is -2.09. The van der Waals surface area contributed by atoms with E-state index in [0.29, 0.717) is 23.1 Å². The van der Waals surface area contributed by atoms with Crippen molar-refractivity contribution >= 4 is 27.4 Å². The van der Waals surface area contributed by atoms with Crippen molar-refractivity contribution in [2.45, 2.75) is 4.90 Å². The number of hydrogen-bond donors (Lipinski definition) is 2. The molecule has 0 fully saturated rings. The van der Waals surface area contributed by atoms with Crippen molar-refractivity contribution in [3.8, 4) is 33.9 Å². The summed E-state index contributed by atoms with van der Waals surface area (Å²) in [5, 5.41) is 7.62. The lowest BCUT2D eigenvalue weighted by Crippen LogP contribution is -2.02. The molecule has 0 amide bonds. The number of nitrogen functional groups attached to an aromatic ring is 1. The SMILES string of the molecule is COc1cc(Nc2nc(N)n(-c3ccc(-c4ccc(S(C)(=O)=O)cc4)cc3)n2)ccc1-c1cnco1. The Bertz CT molecular complexity index is 1610. The Hall–Kier alpha value is -4.64. The molecule has 0 atom stereocenters. The van der Waals surface area contributed by atoms with Gasteiger partial charge in [-0.15, -0.1) is 5.10 Å². The summed E-state index contributed by atoms with van der Waals surface area (Å²) in [6.07, 6.45) is 4.17. The predicted molar refractivity (Wildman–Crippen MR) is 136 cm³/mol. The Morgan fingerprint density at radius 3 is 2.31 bits per heavy atom. The number of methoxy groups -OCH3 is 1. The fourth-order valence-corrected chi connectivity index (χ4v) is 4.34. The molecule has 0 spiro atoms. The average Bonchev–Trinajstić information content (AvgIpc) is 3.53. The summed E-state index contributed by atoms with van der Waals surface area (Å²) < 4.78 is 35.7. The molecule has 0 aliphatic carbocycles. The summed E-state index contributed by atoms with van der Waals surface area (Å²) in [6.45, 7) is 0. The maximum absolute atomic E-state index is 11.7. The van der Waals surface area contributed by atoms with Gasteiger partial charge in [-0.25, -0.2) is 13.4 Å². The maximum Gasteiger partial charge on any atom is 0.248 e. The van der Waals surface area contributed by atoms with Gasteiger partial charge in [0.1, 0.15) is 5.75 Å². The van der Waals surface area contributed by atoms with Crippen LogP contribution < -0.4 is 15.8 Å². The molecule has 0 saturated heterocycles. The highest BCUT2D eigenvalue weighted by atomic mass is 32.2. The first-order valence-electron chi connectivity index (χ1n) is 10.8. The number of anilines is 3. The van der Waals surface area contributed by atoms with Crippen molar-refractivity contribution in [2.75, 3.05) is 24.4 Å². The van der Waals surface area contributed by atoms with Gasteiger partial charge < -0.3 is 20.2 Å². The molecule has 5 rings (SSSR count). The van der Waals surface area contributed by atoms with E-state index in [4.69, 9.17) is 14.9 Å². The second-order valence-corrected chi connectivity index (χ2v) is 9.97. The molecule has 0 aliphatic heterocycles. The van der Waals surface area contributed by atoms with Gasteiger partial charge in [-0.1, -0.05) is 24.3 Å². The van der Waals surface area contributed by atoms with Crippen LogP contribution >= 0.6 is 0 Å². The first-order valence-corrected chi connectivity index (χ1v) is 12.7. The number of nitrogens with zero attached hydrogens (tertiary/aromatic N) is 4. The van der Waals surface area contributed by atoms with Gasteiger partial charge >= 0.3 is 0 Å². The van der Waals surface area contributed by atoms with E-state index in [1.165, 1.54) is 17.3 Å². The highest BCUT2D eigenvalue weighted by Gasteiger charge is 2.13. The van der Waals surface area contributed by atoms with Crippen LogP contribution in [0.3, 0.4) is 0 Å². The zero-order valence-corrected chi connectivity index (χ0v) is 20.2. The molecule has 3 aromatic carbocycles. The van der Waals surface area contributed by atoms with Crippen LogP contribution in [-0.4, -0.2) is 41.5 Å². The molecule has 0 saturated carbocycles. The molecule has 0 bridgehead atoms. The lowest BCUT2D eigenvalue weighted by atomic mass is 10.1. The van der Waals surface area contributed by atoms with Crippen LogP contribution in [-0.2, 0) is 9.84 Å². The summed E-state index contributed by atoms with van der Waals surface area (Å²) in [5.41, 5.74) is 10.1. The van der Waals surface area contributed by atoms with E-state index < -0.39 is 9.84 Å². The summed E-state index contributed by atoms with van der Waals surface area (Å²) in [7, 11) is -1.66. The first kappa shape index (κ1) is 23.1. The third-order valence-corrected chi connectivity index (χ3v) is 6.64. The smallest absolute Gasteiger partial charge is 0.248 e. The number of sulfone groups is 1. The normalized spacial score (nSPS) is 11.4. The second-order valence-electron chi connectivity index (χ2n) is 7.95. The molecule has 3 N–H and O–H groups in total. The van der Waals surface area contributed by atoms with Crippen molar-refractivity contribution in [3.63, 3.8) is 0 Å². The molecule has 0 aliphatic rings. The highest BCUT2D eigenvalue weighted by molar-refractivity contribution is 7.90. The fraction of sp³-hybridized carbons (Fsp3) is 0.0800. The molecule has 11 heteroatoms. The van der Waals surface area contributed by atoms with Crippen LogP contribution in [0, 0.1) is 0 Å². The van der Waals surface area contributed by atoms with E-state index in [9.17, 15) is 8.42 Å². The van der Waals surface area contributed by atoms with Gasteiger partial charge in [0.2, 0.25) is 11.9 Å². The molecule has 5 aromatic rings. The molecular weight excluding hydrogens is 480 g/mol. The van der Waals surface area contributed by atoms with Gasteiger partial charge in [0, 0.05) is 18.0 Å². The maximum atomic E-state index is 11.7. The number of rotatable bonds is 7. The van der Waals surface area contributed by atoms with E-state index in [-0.39, 0.29) is 10.8 Å². The van der Waals surface area contributed by atoms with E-state index in [0.717, 1.165) is 22.4 Å². The van der Waals surface area contributed by atoms with Crippen LogP contribution in [0.4, 0.5) is 17.6 Å². The summed E-state index contributed by atoms with van der Waals surface area (Å²) in [4.78, 5) is 8.54. The minimum atomic E-state index is -3.24. The van der Waals surface area contributed by atoms with Crippen molar-refractivity contribution in [1.29, 1.82) is 0 Å². The van der Waals surface area contributed by atoms with E-state index in [1.54, 1.807) is 43.6 Å². The average molecular weight is 503 g/mol. The number of nitrogens with two attached hydrogens (primary N) is 1. The Labute approximate surface area is 207 Å². The van der Waals surface area contributed by atoms with Gasteiger partial charge in [-0.3, -0.25) is 0 Å². The predicted octanol–water partition coefficient (Wildman–Crippen LogP) is 4.33. The zero-order chi connectivity index (χ0) is 25.3. The summed E-state index contributed by atoms with van der Waals surface area (Å²) in [5.74, 6) is 1.74. The largest absolute Gasteiger partial charge is 0.496 e. The summed E-state index contributed by atoms with van der Waals surface area (Å²) in [6, 6.07) is 19.8. The zero-order valence-electron chi connectivity index (χ0n) is 19.4. The second kappa shape index (κ2) is 9.19. The highest BCUT2D eigenvalue weighted by Crippen LogP contribution is 2.33. The van der Waals surface area contributed by atoms with Crippen LogP contribution in [0.1, 0.15) is 0 Å². The number of aromatic nitrogens is 4. The molecule has 10 nitrogen and oxygen atoms in total. The molecule has 2 aromatic heterocycles. The van der Waals surface area contributed by atoms with Crippen LogP contribution in [0.2, 0.25) is 0 Å². The molecule has 0 unspecified atom stereocenters. The van der Waals surface area contributed by atoms with Crippen molar-refractivity contribution < 1.29 is 17.6 Å². The molecule has 0 radical (unpaired) electrons. The Morgan fingerprint density at radius 2 is 1.69 bits per heavy atom. The quantitative estimate of drug-likeness (QED) is 0.333. The Balaban J connectivity index is 1.35. The van der Waals surface area contributed by atoms with Gasteiger partial charge in [-0.05, 0) is 47.5 Å². The van der Waals surface area contributed by atoms with Gasteiger partial charge in [0.25, 0.3) is 0 Å². The van der Waals surface area contributed by atoms with E-state index >= 15 is 0 Å². The van der Waals surface area contributed by atoms with E-state index in [1.807, 2.05) is 36.4 Å². The van der Waals surface area contributed by atoms with Crippen molar-refractivity contribution in [1.82, 2.24) is 19.7 Å². The van der Waals surface area contributed by atoms with Crippen LogP contribution in [0.15, 0.2) is 88.6 Å². The molecule has 2 heterocycles. The van der Waals surface area contributed by atoms with Crippen LogP contribution in [0.5, 0.6) is 5.75 Å². The van der Waals surface area contributed by atoms with Crippen molar-refractivity contribution in [2.24, 2.45) is 0 Å². The number of nitrogens with one attached hydrogen (secondary N) is 1. The Kier molecular flexibility index (Phi) is 5.90. The first-order chi connectivity index (χ1) is 17.3. The third-order valence-electron chi connectivity index (χ3n) is 5.52. The molecule has 182 valence electrons. The van der Waals surface area contributed by atoms with Gasteiger partial charge in [0.05, 0.1) is 29.5 Å². The third kappa shape index (κ3) is 4.64. The fourth-order valence-electron chi connectivity index (χ4n) is 3.71. The lowest BCUT2D eigenvalue weighted by molar-refractivity contribution is 0.415. The topological polar surface area (TPSA) is 138 Å². The number of oxazole rings is 1. The minimum Gasteiger partial charge on any atom is -0.496 e. The van der Waals surface area contributed by atoms with Crippen molar-refractivity contribution in [3.05, 3.63) is 79.3 Å². The number of ether oxygens (including phenoxy) is 1.